The average Bonchev–Trinajstić information content (AvgIpc) is 3.41. The molecule has 3 aromatic rings. The van der Waals surface area contributed by atoms with Gasteiger partial charge in [0, 0.05) is 24.2 Å². The molecule has 2 amide bonds. The molecule has 3 atom stereocenters. The molecule has 0 bridgehead atoms. The van der Waals surface area contributed by atoms with Crippen LogP contribution in [0.5, 0.6) is 5.88 Å². The lowest BCUT2D eigenvalue weighted by atomic mass is 9.93. The number of piperidine rings is 1. The number of nitrogens with zero attached hydrogens (tertiary/aromatic N) is 5. The number of alkyl halides is 1. The third kappa shape index (κ3) is 4.27. The fourth-order valence-corrected chi connectivity index (χ4v) is 5.49. The molecule has 4 heterocycles. The lowest BCUT2D eigenvalue weighted by Gasteiger charge is -2.38. The highest BCUT2D eigenvalue weighted by Gasteiger charge is 2.48. The maximum atomic E-state index is 14.0. The van der Waals surface area contributed by atoms with E-state index in [0.29, 0.717) is 41.2 Å². The van der Waals surface area contributed by atoms with Crippen LogP contribution in [0.1, 0.15) is 59.5 Å². The quantitative estimate of drug-likeness (QED) is 0.457. The number of fused-ring (bicyclic) bond motifs is 1. The van der Waals surface area contributed by atoms with E-state index in [9.17, 15) is 9.59 Å². The molecule has 0 spiro atoms. The van der Waals surface area contributed by atoms with Crippen LogP contribution in [0.15, 0.2) is 30.5 Å². The van der Waals surface area contributed by atoms with Crippen molar-refractivity contribution in [3.05, 3.63) is 58.0 Å². The molecular formula is C25H27Cl2N7O3. The molecule has 2 aromatic heterocycles. The Morgan fingerprint density at radius 3 is 2.57 bits per heavy atom. The Labute approximate surface area is 224 Å². The van der Waals surface area contributed by atoms with Crippen LogP contribution in [0.2, 0.25) is 5.02 Å². The summed E-state index contributed by atoms with van der Waals surface area (Å²) >= 11 is 12.5. The van der Waals surface area contributed by atoms with Crippen molar-refractivity contribution in [3.8, 4) is 11.6 Å². The molecule has 0 radical (unpaired) electrons. The molecule has 5 rings (SSSR count). The molecular weight excluding hydrogens is 517 g/mol. The number of carbonyl (C=O) groups is 2. The van der Waals surface area contributed by atoms with E-state index in [1.54, 1.807) is 35.0 Å². The zero-order chi connectivity index (χ0) is 26.4. The number of nitrogens with one attached hydrogen (secondary N) is 2. The van der Waals surface area contributed by atoms with Gasteiger partial charge in [0.25, 0.3) is 5.91 Å². The SMILES string of the molecule is CNc1ncc(-n2nc3c(c2C(C)C)C(c2ccc(Cl)cc2)N(C2CNC(=O)C(Cl)C2)C3=O)c(OC)n1. The Bertz CT molecular complexity index is 1360. The summed E-state index contributed by atoms with van der Waals surface area (Å²) in [7, 11) is 3.25. The smallest absolute Gasteiger partial charge is 0.275 e. The number of amides is 2. The second kappa shape index (κ2) is 9.83. The first kappa shape index (κ1) is 25.3. The van der Waals surface area contributed by atoms with E-state index < -0.39 is 11.4 Å². The zero-order valence-electron chi connectivity index (χ0n) is 20.8. The summed E-state index contributed by atoms with van der Waals surface area (Å²) in [6.07, 6.45) is 1.97. The van der Waals surface area contributed by atoms with Crippen LogP contribution < -0.4 is 15.4 Å². The molecule has 1 saturated heterocycles. The summed E-state index contributed by atoms with van der Waals surface area (Å²) in [4.78, 5) is 36.6. The van der Waals surface area contributed by atoms with E-state index in [1.165, 1.54) is 7.11 Å². The highest BCUT2D eigenvalue weighted by atomic mass is 35.5. The van der Waals surface area contributed by atoms with Gasteiger partial charge in [-0.1, -0.05) is 37.6 Å². The Balaban J connectivity index is 1.70. The number of methoxy groups -OCH3 is 1. The number of hydrogen-bond acceptors (Lipinski definition) is 7. The highest BCUT2D eigenvalue weighted by Crippen LogP contribution is 2.45. The topological polar surface area (TPSA) is 114 Å². The lowest BCUT2D eigenvalue weighted by Crippen LogP contribution is -2.53. The number of halogens is 2. The van der Waals surface area contributed by atoms with E-state index in [2.05, 4.69) is 20.6 Å². The number of hydrogen-bond donors (Lipinski definition) is 2. The molecule has 12 heteroatoms. The van der Waals surface area contributed by atoms with E-state index in [-0.39, 0.29) is 23.8 Å². The van der Waals surface area contributed by atoms with Gasteiger partial charge in [-0.3, -0.25) is 9.59 Å². The summed E-state index contributed by atoms with van der Waals surface area (Å²) in [5, 5.41) is 10.4. The van der Waals surface area contributed by atoms with Gasteiger partial charge in [0.05, 0.1) is 31.1 Å². The van der Waals surface area contributed by atoms with Gasteiger partial charge in [-0.2, -0.15) is 10.1 Å². The van der Waals surface area contributed by atoms with Gasteiger partial charge < -0.3 is 20.3 Å². The van der Waals surface area contributed by atoms with Crippen molar-refractivity contribution in [2.24, 2.45) is 0 Å². The first-order chi connectivity index (χ1) is 17.7. The van der Waals surface area contributed by atoms with Crippen molar-refractivity contribution in [2.45, 2.75) is 43.6 Å². The van der Waals surface area contributed by atoms with Gasteiger partial charge in [-0.25, -0.2) is 9.67 Å². The number of ether oxygens (including phenoxy) is 1. The predicted molar refractivity (Wildman–Crippen MR) is 140 cm³/mol. The zero-order valence-corrected chi connectivity index (χ0v) is 22.3. The van der Waals surface area contributed by atoms with E-state index in [4.69, 9.17) is 33.0 Å². The minimum absolute atomic E-state index is 0.0145. The van der Waals surface area contributed by atoms with Crippen LogP contribution >= 0.6 is 23.2 Å². The van der Waals surface area contributed by atoms with Crippen molar-refractivity contribution in [1.82, 2.24) is 30.0 Å². The summed E-state index contributed by atoms with van der Waals surface area (Å²) in [5.41, 5.74) is 3.39. The molecule has 0 saturated carbocycles. The molecule has 1 aromatic carbocycles. The first-order valence-corrected chi connectivity index (χ1v) is 12.8. The molecule has 2 aliphatic heterocycles. The second-order valence-electron chi connectivity index (χ2n) is 9.32. The monoisotopic (exact) mass is 543 g/mol. The van der Waals surface area contributed by atoms with E-state index >= 15 is 0 Å². The molecule has 1 fully saturated rings. The van der Waals surface area contributed by atoms with Crippen molar-refractivity contribution >= 4 is 41.0 Å². The third-order valence-electron chi connectivity index (χ3n) is 6.73. The minimum atomic E-state index is -0.720. The van der Waals surface area contributed by atoms with E-state index in [0.717, 1.165) is 16.8 Å². The van der Waals surface area contributed by atoms with Gasteiger partial charge in [0.2, 0.25) is 17.7 Å². The molecule has 2 aliphatic rings. The molecule has 2 N–H and O–H groups in total. The standard InChI is InChI=1S/C25H27Cl2N7O3/c1-12(2)20-18-19(32-34(20)17-11-30-25(28-3)31-23(17)37-4)24(36)33(15-9-16(27)22(35)29-10-15)21(18)13-5-7-14(26)8-6-13/h5-8,11-12,15-16,21H,9-10H2,1-4H3,(H,29,35)(H,28,30,31). The van der Waals surface area contributed by atoms with E-state index in [1.807, 2.05) is 26.0 Å². The van der Waals surface area contributed by atoms with Crippen molar-refractivity contribution in [3.63, 3.8) is 0 Å². The highest BCUT2D eigenvalue weighted by molar-refractivity contribution is 6.31. The third-order valence-corrected chi connectivity index (χ3v) is 7.36. The molecule has 194 valence electrons. The van der Waals surface area contributed by atoms with Crippen LogP contribution in [0.3, 0.4) is 0 Å². The summed E-state index contributed by atoms with van der Waals surface area (Å²) in [6, 6.07) is 6.68. The van der Waals surface area contributed by atoms with Gasteiger partial charge in [-0.15, -0.1) is 11.6 Å². The van der Waals surface area contributed by atoms with Crippen LogP contribution in [-0.2, 0) is 4.79 Å². The Morgan fingerprint density at radius 2 is 1.95 bits per heavy atom. The minimum Gasteiger partial charge on any atom is -0.479 e. The van der Waals surface area contributed by atoms with Crippen LogP contribution in [0, 0.1) is 0 Å². The van der Waals surface area contributed by atoms with Crippen LogP contribution in [0.25, 0.3) is 5.69 Å². The van der Waals surface area contributed by atoms with Crippen molar-refractivity contribution < 1.29 is 14.3 Å². The van der Waals surface area contributed by atoms with Crippen LogP contribution in [-0.4, -0.2) is 68.6 Å². The predicted octanol–water partition coefficient (Wildman–Crippen LogP) is 3.53. The number of benzene rings is 1. The Hall–Kier alpha value is -3.37. The van der Waals surface area contributed by atoms with Gasteiger partial charge in [0.1, 0.15) is 11.1 Å². The van der Waals surface area contributed by atoms with Crippen LogP contribution in [0.4, 0.5) is 5.95 Å². The largest absolute Gasteiger partial charge is 0.479 e. The van der Waals surface area contributed by atoms with Gasteiger partial charge in [-0.05, 0) is 30.0 Å². The van der Waals surface area contributed by atoms with Crippen molar-refractivity contribution in [2.75, 3.05) is 26.0 Å². The summed E-state index contributed by atoms with van der Waals surface area (Å²) < 4.78 is 7.26. The van der Waals surface area contributed by atoms with Gasteiger partial charge >= 0.3 is 0 Å². The lowest BCUT2D eigenvalue weighted by molar-refractivity contribution is -0.122. The normalized spacial score (nSPS) is 21.3. The number of rotatable bonds is 6. The summed E-state index contributed by atoms with van der Waals surface area (Å²) in [6.45, 7) is 4.40. The fraction of sp³-hybridized carbons (Fsp3) is 0.400. The molecule has 0 aliphatic carbocycles. The first-order valence-electron chi connectivity index (χ1n) is 12.0. The number of anilines is 1. The molecule has 10 nitrogen and oxygen atoms in total. The molecule has 37 heavy (non-hydrogen) atoms. The maximum Gasteiger partial charge on any atom is 0.275 e. The van der Waals surface area contributed by atoms with Crippen molar-refractivity contribution in [1.29, 1.82) is 0 Å². The summed E-state index contributed by atoms with van der Waals surface area (Å²) in [5.74, 6) is 0.264. The Kier molecular flexibility index (Phi) is 6.72. The second-order valence-corrected chi connectivity index (χ2v) is 10.3. The average molecular weight is 544 g/mol. The Morgan fingerprint density at radius 1 is 1.22 bits per heavy atom. The van der Waals surface area contributed by atoms with Gasteiger partial charge in [0.15, 0.2) is 5.69 Å². The molecule has 3 unspecified atom stereocenters. The maximum absolute atomic E-state index is 14.0. The number of carbonyl (C=O) groups excluding carboxylic acids is 2. The number of aromatic nitrogens is 4. The fourth-order valence-electron chi connectivity index (χ4n) is 5.08.